The highest BCUT2D eigenvalue weighted by atomic mass is 16.6. The maximum Gasteiger partial charge on any atom is 0.289 e. The fourth-order valence-electron chi connectivity index (χ4n) is 2.02. The molecular formula is C16H15N3O3. The molecule has 0 saturated carbocycles. The van der Waals surface area contributed by atoms with E-state index in [-0.39, 0.29) is 5.91 Å². The van der Waals surface area contributed by atoms with E-state index >= 15 is 0 Å². The Morgan fingerprint density at radius 1 is 1.18 bits per heavy atom. The van der Waals surface area contributed by atoms with Crippen LogP contribution in [0.4, 0.5) is 0 Å². The highest BCUT2D eigenvalue weighted by Crippen LogP contribution is 2.30. The van der Waals surface area contributed by atoms with Crippen molar-refractivity contribution in [3.05, 3.63) is 53.9 Å². The molecule has 0 unspecified atom stereocenters. The molecule has 6 heteroatoms. The van der Waals surface area contributed by atoms with Crippen LogP contribution in [0.1, 0.15) is 23.0 Å². The molecule has 1 aromatic carbocycles. The summed E-state index contributed by atoms with van der Waals surface area (Å²) in [5.41, 5.74) is 4.33. The van der Waals surface area contributed by atoms with Crippen LogP contribution in [0.5, 0.6) is 11.5 Å². The molecule has 1 aliphatic heterocycles. The Labute approximate surface area is 127 Å². The second-order valence-corrected chi connectivity index (χ2v) is 4.71. The van der Waals surface area contributed by atoms with Crippen LogP contribution >= 0.6 is 0 Å². The number of carbonyl (C=O) groups is 1. The van der Waals surface area contributed by atoms with Gasteiger partial charge in [0.05, 0.1) is 5.71 Å². The number of hydrogen-bond donors (Lipinski definition) is 1. The molecule has 0 radical (unpaired) electrons. The van der Waals surface area contributed by atoms with Crippen LogP contribution in [0.2, 0.25) is 0 Å². The van der Waals surface area contributed by atoms with Gasteiger partial charge in [0.1, 0.15) is 18.9 Å². The number of hydrazone groups is 1. The van der Waals surface area contributed by atoms with Gasteiger partial charge in [-0.15, -0.1) is 0 Å². The molecule has 6 nitrogen and oxygen atoms in total. The van der Waals surface area contributed by atoms with Crippen LogP contribution in [0, 0.1) is 0 Å². The number of ether oxygens (including phenoxy) is 2. The fraction of sp³-hybridized carbons (Fsp3) is 0.188. The predicted molar refractivity (Wildman–Crippen MR) is 81.3 cm³/mol. The predicted octanol–water partition coefficient (Wildman–Crippen LogP) is 2.01. The molecule has 0 saturated heterocycles. The summed E-state index contributed by atoms with van der Waals surface area (Å²) in [6.45, 7) is 2.90. The molecule has 3 rings (SSSR count). The molecule has 2 aromatic rings. The Balaban J connectivity index is 1.73. The Bertz CT molecular complexity index is 714. The normalized spacial score (nSPS) is 13.6. The number of carbonyl (C=O) groups excluding carboxylic acids is 1. The molecule has 1 aliphatic rings. The van der Waals surface area contributed by atoms with E-state index in [0.29, 0.717) is 30.4 Å². The zero-order chi connectivity index (χ0) is 15.4. The lowest BCUT2D eigenvalue weighted by Crippen LogP contribution is -2.20. The first-order valence-electron chi connectivity index (χ1n) is 6.90. The Morgan fingerprint density at radius 2 is 2.00 bits per heavy atom. The monoisotopic (exact) mass is 297 g/mol. The van der Waals surface area contributed by atoms with Gasteiger partial charge in [0.15, 0.2) is 11.5 Å². The summed E-state index contributed by atoms with van der Waals surface area (Å²) in [4.78, 5) is 15.9. The molecule has 1 amide bonds. The van der Waals surface area contributed by atoms with Gasteiger partial charge in [-0.2, -0.15) is 5.10 Å². The summed E-state index contributed by atoms with van der Waals surface area (Å²) in [6, 6.07) is 10.7. The highest BCUT2D eigenvalue weighted by molar-refractivity contribution is 6.00. The average molecular weight is 297 g/mol. The van der Waals surface area contributed by atoms with E-state index in [1.165, 1.54) is 0 Å². The van der Waals surface area contributed by atoms with Crippen molar-refractivity contribution in [3.63, 3.8) is 0 Å². The van der Waals surface area contributed by atoms with E-state index in [0.717, 1.165) is 11.3 Å². The Morgan fingerprint density at radius 3 is 2.77 bits per heavy atom. The van der Waals surface area contributed by atoms with E-state index in [4.69, 9.17) is 9.47 Å². The SMILES string of the molecule is CC(=NNC(=O)c1ccccn1)c1ccc2c(c1)OCCO2. The molecular weight excluding hydrogens is 282 g/mol. The molecule has 0 aliphatic carbocycles. The van der Waals surface area contributed by atoms with Crippen LogP contribution < -0.4 is 14.9 Å². The summed E-state index contributed by atoms with van der Waals surface area (Å²) < 4.78 is 11.0. The minimum Gasteiger partial charge on any atom is -0.486 e. The number of fused-ring (bicyclic) bond motifs is 1. The zero-order valence-corrected chi connectivity index (χ0v) is 12.1. The van der Waals surface area contributed by atoms with Crippen LogP contribution in [0.3, 0.4) is 0 Å². The first-order valence-corrected chi connectivity index (χ1v) is 6.90. The third-order valence-electron chi connectivity index (χ3n) is 3.18. The van der Waals surface area contributed by atoms with Gasteiger partial charge < -0.3 is 9.47 Å². The van der Waals surface area contributed by atoms with E-state index in [1.807, 2.05) is 25.1 Å². The average Bonchev–Trinajstić information content (AvgIpc) is 2.59. The van der Waals surface area contributed by atoms with E-state index in [9.17, 15) is 4.79 Å². The third-order valence-corrected chi connectivity index (χ3v) is 3.18. The third kappa shape index (κ3) is 3.06. The van der Waals surface area contributed by atoms with Crippen LogP contribution in [-0.4, -0.2) is 29.8 Å². The van der Waals surface area contributed by atoms with Crippen molar-refractivity contribution >= 4 is 11.6 Å². The van der Waals surface area contributed by atoms with Crippen LogP contribution in [-0.2, 0) is 0 Å². The summed E-state index contributed by atoms with van der Waals surface area (Å²) in [7, 11) is 0. The van der Waals surface area contributed by atoms with Crippen molar-refractivity contribution in [1.82, 2.24) is 10.4 Å². The minimum absolute atomic E-state index is 0.321. The molecule has 22 heavy (non-hydrogen) atoms. The van der Waals surface area contributed by atoms with Crippen molar-refractivity contribution in [1.29, 1.82) is 0 Å². The first-order chi connectivity index (χ1) is 10.7. The minimum atomic E-state index is -0.350. The number of nitrogens with one attached hydrogen (secondary N) is 1. The standard InChI is InChI=1S/C16H15N3O3/c1-11(18-19-16(20)13-4-2-3-7-17-13)12-5-6-14-15(10-12)22-9-8-21-14/h2-7,10H,8-9H2,1H3,(H,19,20). The zero-order valence-electron chi connectivity index (χ0n) is 12.1. The number of amides is 1. The number of aromatic nitrogens is 1. The van der Waals surface area contributed by atoms with Crippen molar-refractivity contribution in [2.75, 3.05) is 13.2 Å². The largest absolute Gasteiger partial charge is 0.486 e. The second kappa shape index (κ2) is 6.26. The summed E-state index contributed by atoms with van der Waals surface area (Å²) in [5.74, 6) is 1.06. The number of nitrogens with zero attached hydrogens (tertiary/aromatic N) is 2. The molecule has 1 aromatic heterocycles. The van der Waals surface area contributed by atoms with Crippen molar-refractivity contribution < 1.29 is 14.3 Å². The quantitative estimate of drug-likeness (QED) is 0.695. The first kappa shape index (κ1) is 14.1. The van der Waals surface area contributed by atoms with Crippen molar-refractivity contribution in [2.45, 2.75) is 6.92 Å². The Hall–Kier alpha value is -2.89. The van der Waals surface area contributed by atoms with Gasteiger partial charge in [0, 0.05) is 11.8 Å². The summed E-state index contributed by atoms with van der Waals surface area (Å²) in [6.07, 6.45) is 1.56. The van der Waals surface area contributed by atoms with Gasteiger partial charge in [-0.3, -0.25) is 9.78 Å². The summed E-state index contributed by atoms with van der Waals surface area (Å²) >= 11 is 0. The van der Waals surface area contributed by atoms with Gasteiger partial charge in [-0.25, -0.2) is 5.43 Å². The van der Waals surface area contributed by atoms with Gasteiger partial charge >= 0.3 is 0 Å². The topological polar surface area (TPSA) is 72.8 Å². The van der Waals surface area contributed by atoms with E-state index < -0.39 is 0 Å². The van der Waals surface area contributed by atoms with Gasteiger partial charge in [0.25, 0.3) is 5.91 Å². The van der Waals surface area contributed by atoms with Gasteiger partial charge in [-0.1, -0.05) is 6.07 Å². The van der Waals surface area contributed by atoms with Crippen molar-refractivity contribution in [3.8, 4) is 11.5 Å². The maximum absolute atomic E-state index is 11.9. The van der Waals surface area contributed by atoms with Crippen molar-refractivity contribution in [2.24, 2.45) is 5.10 Å². The molecule has 112 valence electrons. The van der Waals surface area contributed by atoms with Crippen LogP contribution in [0.15, 0.2) is 47.7 Å². The van der Waals surface area contributed by atoms with Gasteiger partial charge in [0.2, 0.25) is 0 Å². The lowest BCUT2D eigenvalue weighted by Gasteiger charge is -2.18. The number of rotatable bonds is 3. The molecule has 0 fully saturated rings. The highest BCUT2D eigenvalue weighted by Gasteiger charge is 2.13. The van der Waals surface area contributed by atoms with E-state index in [2.05, 4.69) is 15.5 Å². The summed E-state index contributed by atoms with van der Waals surface area (Å²) in [5, 5.41) is 4.10. The van der Waals surface area contributed by atoms with Crippen LogP contribution in [0.25, 0.3) is 0 Å². The molecule has 0 spiro atoms. The van der Waals surface area contributed by atoms with E-state index in [1.54, 1.807) is 24.4 Å². The molecule has 2 heterocycles. The smallest absolute Gasteiger partial charge is 0.289 e. The lowest BCUT2D eigenvalue weighted by molar-refractivity contribution is 0.0950. The second-order valence-electron chi connectivity index (χ2n) is 4.71. The fourth-order valence-corrected chi connectivity index (χ4v) is 2.02. The molecule has 0 atom stereocenters. The van der Waals surface area contributed by atoms with Gasteiger partial charge in [-0.05, 0) is 37.3 Å². The number of pyridine rings is 1. The molecule has 1 N–H and O–H groups in total. The number of hydrogen-bond acceptors (Lipinski definition) is 5. The molecule has 0 bridgehead atoms. The lowest BCUT2D eigenvalue weighted by atomic mass is 10.1. The number of benzene rings is 1. The Kier molecular flexibility index (Phi) is 4.00. The maximum atomic E-state index is 11.9.